The van der Waals surface area contributed by atoms with Gasteiger partial charge in [0.25, 0.3) is 10.0 Å². The molecule has 0 aromatic heterocycles. The minimum absolute atomic E-state index is 0.0130. The van der Waals surface area contributed by atoms with Gasteiger partial charge in [-0.25, -0.2) is 8.42 Å². The van der Waals surface area contributed by atoms with Crippen LogP contribution in [0.4, 0.5) is 11.4 Å². The van der Waals surface area contributed by atoms with E-state index in [4.69, 9.17) is 16.3 Å². The Morgan fingerprint density at radius 3 is 2.50 bits per heavy atom. The van der Waals surface area contributed by atoms with Crippen molar-refractivity contribution in [2.75, 3.05) is 29.4 Å². The van der Waals surface area contributed by atoms with Crippen LogP contribution >= 0.6 is 11.6 Å². The molecule has 1 N–H and O–H groups in total. The molecule has 3 aromatic carbocycles. The van der Waals surface area contributed by atoms with Gasteiger partial charge >= 0.3 is 0 Å². The second-order valence-corrected chi connectivity index (χ2v) is 10.6. The highest BCUT2D eigenvalue weighted by Crippen LogP contribution is 2.27. The summed E-state index contributed by atoms with van der Waals surface area (Å²) in [7, 11) is -2.59. The van der Waals surface area contributed by atoms with Crippen molar-refractivity contribution >= 4 is 44.8 Å². The number of carbonyl (C=O) groups excluding carboxylic acids is 2. The van der Waals surface area contributed by atoms with Gasteiger partial charge in [-0.1, -0.05) is 29.8 Å². The summed E-state index contributed by atoms with van der Waals surface area (Å²) in [6.45, 7) is 0.409. The van der Waals surface area contributed by atoms with Gasteiger partial charge in [0.2, 0.25) is 11.8 Å². The molecule has 0 radical (unpaired) electrons. The number of nitrogens with zero attached hydrogens (tertiary/aromatic N) is 2. The molecule has 1 saturated heterocycles. The minimum Gasteiger partial charge on any atom is -0.497 e. The predicted octanol–water partition coefficient (Wildman–Crippen LogP) is 3.99. The van der Waals surface area contributed by atoms with Crippen molar-refractivity contribution in [1.82, 2.24) is 5.32 Å². The van der Waals surface area contributed by atoms with Crippen LogP contribution in [0.5, 0.6) is 5.75 Å². The molecule has 188 valence electrons. The molecule has 1 fully saturated rings. The second-order valence-electron chi connectivity index (χ2n) is 8.26. The van der Waals surface area contributed by atoms with Gasteiger partial charge < -0.3 is 15.0 Å². The molecule has 10 heteroatoms. The van der Waals surface area contributed by atoms with Gasteiger partial charge in [-0.3, -0.25) is 13.9 Å². The number of halogens is 1. The van der Waals surface area contributed by atoms with Gasteiger partial charge in [0.05, 0.1) is 17.7 Å². The average Bonchev–Trinajstić information content (AvgIpc) is 3.32. The quantitative estimate of drug-likeness (QED) is 0.454. The average molecular weight is 528 g/mol. The zero-order chi connectivity index (χ0) is 25.7. The third kappa shape index (κ3) is 5.80. The zero-order valence-electron chi connectivity index (χ0n) is 19.7. The van der Waals surface area contributed by atoms with Crippen LogP contribution in [0.25, 0.3) is 0 Å². The summed E-state index contributed by atoms with van der Waals surface area (Å²) in [6, 6.07) is 19.6. The number of hydrogen-bond donors (Lipinski definition) is 1. The molecule has 0 saturated carbocycles. The van der Waals surface area contributed by atoms with Crippen LogP contribution < -0.4 is 19.3 Å². The first-order chi connectivity index (χ1) is 17.3. The number of carbonyl (C=O) groups is 2. The normalized spacial score (nSPS) is 13.5. The molecule has 0 aliphatic carbocycles. The molecule has 1 aliphatic heterocycles. The Hall–Kier alpha value is -3.56. The summed E-state index contributed by atoms with van der Waals surface area (Å²) in [4.78, 5) is 26.7. The summed E-state index contributed by atoms with van der Waals surface area (Å²) in [5.41, 5.74) is 1.85. The highest BCUT2D eigenvalue weighted by Gasteiger charge is 2.27. The first-order valence-electron chi connectivity index (χ1n) is 11.4. The van der Waals surface area contributed by atoms with Crippen LogP contribution in [0.2, 0.25) is 5.02 Å². The number of anilines is 2. The largest absolute Gasteiger partial charge is 0.497 e. The maximum atomic E-state index is 13.5. The van der Waals surface area contributed by atoms with Crippen molar-refractivity contribution in [1.29, 1.82) is 0 Å². The lowest BCUT2D eigenvalue weighted by atomic mass is 10.2. The number of benzene rings is 3. The molecule has 4 rings (SSSR count). The zero-order valence-corrected chi connectivity index (χ0v) is 21.3. The number of methoxy groups -OCH3 is 1. The van der Waals surface area contributed by atoms with Gasteiger partial charge in [0.15, 0.2) is 0 Å². The van der Waals surface area contributed by atoms with Gasteiger partial charge in [-0.15, -0.1) is 0 Å². The monoisotopic (exact) mass is 527 g/mol. The Kier molecular flexibility index (Phi) is 7.81. The van der Waals surface area contributed by atoms with E-state index >= 15 is 0 Å². The Balaban J connectivity index is 1.52. The number of amides is 2. The van der Waals surface area contributed by atoms with Crippen molar-refractivity contribution < 1.29 is 22.7 Å². The summed E-state index contributed by atoms with van der Waals surface area (Å²) in [5, 5.41) is 3.13. The molecule has 0 unspecified atom stereocenters. The first-order valence-corrected chi connectivity index (χ1v) is 13.2. The van der Waals surface area contributed by atoms with E-state index in [0.29, 0.717) is 23.7 Å². The molecule has 3 aromatic rings. The van der Waals surface area contributed by atoms with Crippen molar-refractivity contribution in [2.24, 2.45) is 0 Å². The summed E-state index contributed by atoms with van der Waals surface area (Å²) in [6.07, 6.45) is 1.35. The molecule has 0 spiro atoms. The standard InChI is InChI=1S/C26H26ClN3O5S/c1-35-23-10-12-24(13-11-23)36(33,34)30(22-8-3-6-20(27)16-22)18-25(31)28-17-19-5-2-7-21(15-19)29-14-4-9-26(29)32/h2-3,5-8,10-13,15-16H,4,9,14,17-18H2,1H3,(H,28,31). The fourth-order valence-corrected chi connectivity index (χ4v) is 5.56. The Morgan fingerprint density at radius 1 is 1.08 bits per heavy atom. The second kappa shape index (κ2) is 11.0. The maximum absolute atomic E-state index is 13.5. The van der Waals surface area contributed by atoms with Gasteiger partial charge in [0, 0.05) is 30.2 Å². The van der Waals surface area contributed by atoms with E-state index in [0.717, 1.165) is 22.0 Å². The van der Waals surface area contributed by atoms with Crippen LogP contribution in [0, 0.1) is 0 Å². The molecule has 36 heavy (non-hydrogen) atoms. The van der Waals surface area contributed by atoms with Crippen molar-refractivity contribution in [3.05, 3.63) is 83.4 Å². The van der Waals surface area contributed by atoms with E-state index in [1.165, 1.54) is 25.3 Å². The molecular formula is C26H26ClN3O5S. The topological polar surface area (TPSA) is 96.0 Å². The Labute approximate surface area is 215 Å². The number of sulfonamides is 1. The highest BCUT2D eigenvalue weighted by molar-refractivity contribution is 7.92. The molecule has 0 bridgehead atoms. The lowest BCUT2D eigenvalue weighted by molar-refractivity contribution is -0.120. The number of rotatable bonds is 9. The van der Waals surface area contributed by atoms with E-state index in [1.54, 1.807) is 35.2 Å². The molecule has 1 aliphatic rings. The van der Waals surface area contributed by atoms with Crippen molar-refractivity contribution in [2.45, 2.75) is 24.3 Å². The van der Waals surface area contributed by atoms with Crippen molar-refractivity contribution in [3.63, 3.8) is 0 Å². The van der Waals surface area contributed by atoms with Crippen LogP contribution in [0.3, 0.4) is 0 Å². The van der Waals surface area contributed by atoms with E-state index in [-0.39, 0.29) is 23.0 Å². The van der Waals surface area contributed by atoms with Crippen LogP contribution in [0.1, 0.15) is 18.4 Å². The summed E-state index contributed by atoms with van der Waals surface area (Å²) >= 11 is 6.11. The number of ether oxygens (including phenoxy) is 1. The minimum atomic E-state index is -4.08. The molecular weight excluding hydrogens is 502 g/mol. The molecule has 1 heterocycles. The number of nitrogens with one attached hydrogen (secondary N) is 1. The fourth-order valence-electron chi connectivity index (χ4n) is 3.96. The Morgan fingerprint density at radius 2 is 1.83 bits per heavy atom. The predicted molar refractivity (Wildman–Crippen MR) is 139 cm³/mol. The molecule has 8 nitrogen and oxygen atoms in total. The molecule has 2 amide bonds. The van der Waals surface area contributed by atoms with Gasteiger partial charge in [0.1, 0.15) is 12.3 Å². The van der Waals surface area contributed by atoms with Crippen LogP contribution in [-0.4, -0.2) is 40.4 Å². The number of hydrogen-bond acceptors (Lipinski definition) is 5. The highest BCUT2D eigenvalue weighted by atomic mass is 35.5. The van der Waals surface area contributed by atoms with Crippen LogP contribution in [0.15, 0.2) is 77.7 Å². The fraction of sp³-hybridized carbons (Fsp3) is 0.231. The summed E-state index contributed by atoms with van der Waals surface area (Å²) in [5.74, 6) is 0.102. The van der Waals surface area contributed by atoms with E-state index in [1.807, 2.05) is 24.3 Å². The lowest BCUT2D eigenvalue weighted by Gasteiger charge is -2.24. The van der Waals surface area contributed by atoms with Crippen LogP contribution in [-0.2, 0) is 26.2 Å². The first kappa shape index (κ1) is 25.5. The third-order valence-corrected chi connectivity index (χ3v) is 7.84. The van der Waals surface area contributed by atoms with Crippen molar-refractivity contribution in [3.8, 4) is 5.75 Å². The molecule has 0 atom stereocenters. The SMILES string of the molecule is COc1ccc(S(=O)(=O)N(CC(=O)NCc2cccc(N3CCCC3=O)c2)c2cccc(Cl)c2)cc1. The third-order valence-electron chi connectivity index (χ3n) is 5.82. The Bertz CT molecular complexity index is 1360. The maximum Gasteiger partial charge on any atom is 0.264 e. The van der Waals surface area contributed by atoms with Gasteiger partial charge in [-0.05, 0) is 66.6 Å². The smallest absolute Gasteiger partial charge is 0.264 e. The summed E-state index contributed by atoms with van der Waals surface area (Å²) < 4.78 is 33.1. The van der Waals surface area contributed by atoms with E-state index in [2.05, 4.69) is 5.32 Å². The van der Waals surface area contributed by atoms with E-state index < -0.39 is 22.5 Å². The lowest BCUT2D eigenvalue weighted by Crippen LogP contribution is -2.40. The van der Waals surface area contributed by atoms with E-state index in [9.17, 15) is 18.0 Å². The van der Waals surface area contributed by atoms with Gasteiger partial charge in [-0.2, -0.15) is 0 Å².